The lowest BCUT2D eigenvalue weighted by Crippen LogP contribution is -2.43. The maximum Gasteiger partial charge on any atom is 0.126 e. The highest BCUT2D eigenvalue weighted by Gasteiger charge is 2.70. The normalized spacial score (nSPS) is 61.5. The molecule has 4 heteroatoms. The fraction of sp³-hybridized carbons (Fsp3) is 1.00. The minimum absolute atomic E-state index is 0.00940. The number of aliphatic hydroxyl groups excluding tert-OH is 2. The molecule has 2 bridgehead atoms. The zero-order valence-corrected chi connectivity index (χ0v) is 6.64. The van der Waals surface area contributed by atoms with Gasteiger partial charge in [0.15, 0.2) is 0 Å². The van der Waals surface area contributed by atoms with E-state index in [-0.39, 0.29) is 18.8 Å². The van der Waals surface area contributed by atoms with Crippen LogP contribution in [0.1, 0.15) is 6.42 Å². The summed E-state index contributed by atoms with van der Waals surface area (Å²) in [6, 6.07) is 0. The van der Waals surface area contributed by atoms with Gasteiger partial charge >= 0.3 is 0 Å². The number of ether oxygens (including phenoxy) is 2. The van der Waals surface area contributed by atoms with E-state index in [0.29, 0.717) is 12.5 Å². The fourth-order valence-electron chi connectivity index (χ4n) is 2.58. The van der Waals surface area contributed by atoms with Crippen molar-refractivity contribution in [2.45, 2.75) is 30.3 Å². The highest BCUT2D eigenvalue weighted by atomic mass is 16.6. The van der Waals surface area contributed by atoms with E-state index < -0.39 is 11.7 Å². The van der Waals surface area contributed by atoms with E-state index in [4.69, 9.17) is 14.6 Å². The zero-order valence-electron chi connectivity index (χ0n) is 6.64. The summed E-state index contributed by atoms with van der Waals surface area (Å²) in [4.78, 5) is 0. The van der Waals surface area contributed by atoms with Gasteiger partial charge in [-0.1, -0.05) is 0 Å². The molecule has 4 nitrogen and oxygen atoms in total. The number of rotatable bonds is 1. The molecule has 2 heterocycles. The molecule has 0 aromatic carbocycles. The van der Waals surface area contributed by atoms with Crippen LogP contribution in [0.3, 0.4) is 0 Å². The zero-order chi connectivity index (χ0) is 8.34. The molecule has 2 saturated heterocycles. The predicted octanol–water partition coefficient (Wildman–Crippen LogP) is -1.10. The van der Waals surface area contributed by atoms with Crippen LogP contribution in [0.15, 0.2) is 0 Å². The molecule has 5 atom stereocenters. The SMILES string of the molecule is OC[C@@]12O[C@@H]1[C@H](O)[C@@H]1C[C@H]2CO1. The van der Waals surface area contributed by atoms with Crippen molar-refractivity contribution in [1.29, 1.82) is 0 Å². The molecule has 0 radical (unpaired) electrons. The molecule has 3 aliphatic rings. The van der Waals surface area contributed by atoms with Gasteiger partial charge in [-0.15, -0.1) is 0 Å². The van der Waals surface area contributed by atoms with Crippen LogP contribution in [0.5, 0.6) is 0 Å². The molecule has 3 fully saturated rings. The molecule has 12 heavy (non-hydrogen) atoms. The smallest absolute Gasteiger partial charge is 0.126 e. The average Bonchev–Trinajstić information content (AvgIpc) is 2.68. The van der Waals surface area contributed by atoms with Gasteiger partial charge in [-0.25, -0.2) is 0 Å². The first-order valence-electron chi connectivity index (χ1n) is 4.36. The molecule has 1 aliphatic carbocycles. The van der Waals surface area contributed by atoms with E-state index in [2.05, 4.69) is 0 Å². The minimum atomic E-state index is -0.532. The van der Waals surface area contributed by atoms with Gasteiger partial charge < -0.3 is 19.7 Å². The maximum absolute atomic E-state index is 9.64. The van der Waals surface area contributed by atoms with Crippen LogP contribution in [0.25, 0.3) is 0 Å². The largest absolute Gasteiger partial charge is 0.393 e. The second kappa shape index (κ2) is 2.01. The van der Waals surface area contributed by atoms with Gasteiger partial charge in [0, 0.05) is 5.92 Å². The Kier molecular flexibility index (Phi) is 1.22. The first-order valence-corrected chi connectivity index (χ1v) is 4.36. The summed E-state index contributed by atoms with van der Waals surface area (Å²) < 4.78 is 10.8. The van der Waals surface area contributed by atoms with E-state index in [0.717, 1.165) is 6.42 Å². The number of hydrogen-bond donors (Lipinski definition) is 2. The first-order chi connectivity index (χ1) is 5.78. The maximum atomic E-state index is 9.64. The second-order valence-electron chi connectivity index (χ2n) is 3.95. The number of aliphatic hydroxyl groups is 2. The van der Waals surface area contributed by atoms with E-state index in [9.17, 15) is 5.11 Å². The van der Waals surface area contributed by atoms with E-state index in [1.54, 1.807) is 0 Å². The third-order valence-corrected chi connectivity index (χ3v) is 3.43. The van der Waals surface area contributed by atoms with Crippen molar-refractivity contribution >= 4 is 0 Å². The molecule has 3 rings (SSSR count). The van der Waals surface area contributed by atoms with Crippen LogP contribution in [-0.2, 0) is 9.47 Å². The number of epoxide rings is 1. The van der Waals surface area contributed by atoms with Gasteiger partial charge in [-0.3, -0.25) is 0 Å². The van der Waals surface area contributed by atoms with Crippen LogP contribution in [0.2, 0.25) is 0 Å². The van der Waals surface area contributed by atoms with Crippen molar-refractivity contribution in [2.24, 2.45) is 5.92 Å². The molecule has 2 N–H and O–H groups in total. The standard InChI is InChI=1S/C8H12O4/c9-3-8-4-1-5(11-2-4)6(10)7(8)12-8/h4-7,9-10H,1-3H2/t4-,5-,6+,7+,8-/m0/s1. The average molecular weight is 172 g/mol. The molecule has 0 amide bonds. The van der Waals surface area contributed by atoms with Gasteiger partial charge in [0.1, 0.15) is 17.8 Å². The molecular weight excluding hydrogens is 160 g/mol. The van der Waals surface area contributed by atoms with Crippen molar-refractivity contribution in [3.63, 3.8) is 0 Å². The lowest BCUT2D eigenvalue weighted by Gasteiger charge is -2.24. The summed E-state index contributed by atoms with van der Waals surface area (Å²) in [5, 5.41) is 18.8. The summed E-state index contributed by atoms with van der Waals surface area (Å²) in [6.45, 7) is 0.633. The fourth-order valence-corrected chi connectivity index (χ4v) is 2.58. The monoisotopic (exact) mass is 172 g/mol. The Hall–Kier alpha value is -0.160. The van der Waals surface area contributed by atoms with Gasteiger partial charge in [0.05, 0.1) is 19.3 Å². The molecule has 68 valence electrons. The summed E-state index contributed by atoms with van der Waals surface area (Å²) >= 11 is 0. The van der Waals surface area contributed by atoms with Crippen molar-refractivity contribution in [3.05, 3.63) is 0 Å². The van der Waals surface area contributed by atoms with Crippen molar-refractivity contribution < 1.29 is 19.7 Å². The third kappa shape index (κ3) is 0.633. The van der Waals surface area contributed by atoms with Crippen LogP contribution < -0.4 is 0 Å². The van der Waals surface area contributed by atoms with Crippen molar-refractivity contribution in [3.8, 4) is 0 Å². The van der Waals surface area contributed by atoms with E-state index in [1.807, 2.05) is 0 Å². The third-order valence-electron chi connectivity index (χ3n) is 3.43. The van der Waals surface area contributed by atoms with Crippen LogP contribution in [0.4, 0.5) is 0 Å². The Bertz CT molecular complexity index is 219. The molecule has 0 aromatic heterocycles. The van der Waals surface area contributed by atoms with Gasteiger partial charge in [0.25, 0.3) is 0 Å². The highest BCUT2D eigenvalue weighted by Crippen LogP contribution is 2.54. The van der Waals surface area contributed by atoms with Crippen LogP contribution >= 0.6 is 0 Å². The Morgan fingerprint density at radius 2 is 2.33 bits per heavy atom. The Labute approximate surface area is 70.1 Å². The Morgan fingerprint density at radius 3 is 3.08 bits per heavy atom. The Balaban J connectivity index is 1.93. The minimum Gasteiger partial charge on any atom is -0.393 e. The van der Waals surface area contributed by atoms with Crippen LogP contribution in [0, 0.1) is 5.92 Å². The van der Waals surface area contributed by atoms with Crippen molar-refractivity contribution in [2.75, 3.05) is 13.2 Å². The van der Waals surface area contributed by atoms with Crippen LogP contribution in [-0.4, -0.2) is 47.3 Å². The molecule has 0 aromatic rings. The molecule has 0 unspecified atom stereocenters. The second-order valence-corrected chi connectivity index (χ2v) is 3.95. The lowest BCUT2D eigenvalue weighted by molar-refractivity contribution is -0.0145. The first kappa shape index (κ1) is 7.26. The molecule has 2 aliphatic heterocycles. The molecular formula is C8H12O4. The quantitative estimate of drug-likeness (QED) is 0.493. The topological polar surface area (TPSA) is 62.2 Å². The number of fused-ring (bicyclic) bond motifs is 4. The molecule has 0 spiro atoms. The predicted molar refractivity (Wildman–Crippen MR) is 38.5 cm³/mol. The molecule has 1 saturated carbocycles. The van der Waals surface area contributed by atoms with Gasteiger partial charge in [-0.2, -0.15) is 0 Å². The highest BCUT2D eigenvalue weighted by molar-refractivity contribution is 5.17. The van der Waals surface area contributed by atoms with Gasteiger partial charge in [-0.05, 0) is 6.42 Å². The summed E-state index contributed by atoms with van der Waals surface area (Å²) in [6.07, 6.45) is 0.0740. The Morgan fingerprint density at radius 1 is 1.50 bits per heavy atom. The number of hydrogen-bond acceptors (Lipinski definition) is 4. The lowest BCUT2D eigenvalue weighted by atomic mass is 9.79. The van der Waals surface area contributed by atoms with Crippen molar-refractivity contribution in [1.82, 2.24) is 0 Å². The van der Waals surface area contributed by atoms with Gasteiger partial charge in [0.2, 0.25) is 0 Å². The summed E-state index contributed by atoms with van der Waals surface area (Å²) in [5.74, 6) is 0.292. The van der Waals surface area contributed by atoms with E-state index in [1.165, 1.54) is 0 Å². The summed E-state index contributed by atoms with van der Waals surface area (Å²) in [5.41, 5.74) is -0.452. The van der Waals surface area contributed by atoms with E-state index >= 15 is 0 Å². The summed E-state index contributed by atoms with van der Waals surface area (Å²) in [7, 11) is 0.